The smallest absolute Gasteiger partial charge is 0.240 e. The Bertz CT molecular complexity index is 790. The van der Waals surface area contributed by atoms with Gasteiger partial charge >= 0.3 is 0 Å². The van der Waals surface area contributed by atoms with Crippen LogP contribution in [-0.4, -0.2) is 32.5 Å². The lowest BCUT2D eigenvalue weighted by Crippen LogP contribution is -2.29. The molecule has 0 heterocycles. The van der Waals surface area contributed by atoms with E-state index in [1.54, 1.807) is 12.1 Å². The van der Waals surface area contributed by atoms with Gasteiger partial charge in [0.05, 0.1) is 11.4 Å². The van der Waals surface area contributed by atoms with Crippen LogP contribution in [0, 0.1) is 5.21 Å². The van der Waals surface area contributed by atoms with Crippen LogP contribution in [0.3, 0.4) is 0 Å². The average molecular weight is 418 g/mol. The molecule has 0 spiro atoms. The first-order valence-electron chi connectivity index (χ1n) is 6.66. The number of rotatable bonds is 6. The number of hydroxylamine groups is 1. The molecule has 0 aliphatic carbocycles. The molecule has 2 aromatic carbocycles. The number of sulfonamides is 1. The van der Waals surface area contributed by atoms with Crippen molar-refractivity contribution in [3.8, 4) is 0 Å². The van der Waals surface area contributed by atoms with E-state index in [4.69, 9.17) is 11.6 Å². The van der Waals surface area contributed by atoms with Crippen LogP contribution in [0.25, 0.3) is 0 Å². The van der Waals surface area contributed by atoms with Gasteiger partial charge in [-0.3, -0.25) is 0 Å². The second-order valence-electron chi connectivity index (χ2n) is 4.67. The van der Waals surface area contributed by atoms with Crippen LogP contribution < -0.4 is 4.72 Å². The summed E-state index contributed by atoms with van der Waals surface area (Å²) in [6.07, 6.45) is 1.41. The van der Waals surface area contributed by atoms with Crippen LogP contribution in [0.5, 0.6) is 0 Å². The van der Waals surface area contributed by atoms with Gasteiger partial charge in [0.15, 0.2) is 12.8 Å². The van der Waals surface area contributed by atoms with Gasteiger partial charge in [-0.1, -0.05) is 27.5 Å². The summed E-state index contributed by atoms with van der Waals surface area (Å²) in [4.78, 5) is 0.108. The molecule has 0 saturated carbocycles. The number of hydrogen-bond donors (Lipinski definition) is 1. The maximum absolute atomic E-state index is 12.0. The fraction of sp³-hybridized carbons (Fsp3) is 0.133. The molecule has 0 aliphatic rings. The van der Waals surface area contributed by atoms with Crippen LogP contribution in [0.4, 0.5) is 0 Å². The highest BCUT2D eigenvalue weighted by molar-refractivity contribution is 9.10. The highest BCUT2D eigenvalue weighted by atomic mass is 79.9. The van der Waals surface area contributed by atoms with Crippen LogP contribution >= 0.6 is 27.5 Å². The zero-order chi connectivity index (χ0) is 16.9. The van der Waals surface area contributed by atoms with Crippen molar-refractivity contribution >= 4 is 43.8 Å². The summed E-state index contributed by atoms with van der Waals surface area (Å²) < 4.78 is 28.0. The van der Waals surface area contributed by atoms with Crippen molar-refractivity contribution in [1.29, 1.82) is 0 Å². The lowest BCUT2D eigenvalue weighted by Gasteiger charge is -2.07. The van der Waals surface area contributed by atoms with Gasteiger partial charge in [-0.15, -0.1) is 0 Å². The second kappa shape index (κ2) is 7.92. The molecule has 0 amide bonds. The molecule has 0 aromatic heterocycles. The summed E-state index contributed by atoms with van der Waals surface area (Å²) >= 11 is 9.04. The summed E-state index contributed by atoms with van der Waals surface area (Å²) in [6.45, 7) is 0.00434. The fourth-order valence-corrected chi connectivity index (χ4v) is 3.18. The van der Waals surface area contributed by atoms with Gasteiger partial charge in [-0.05, 0) is 48.5 Å². The quantitative estimate of drug-likeness (QED) is 0.340. The van der Waals surface area contributed by atoms with Crippen molar-refractivity contribution in [2.24, 2.45) is 0 Å². The molecule has 0 unspecified atom stereocenters. The summed E-state index contributed by atoms with van der Waals surface area (Å²) in [5, 5.41) is 12.2. The summed E-state index contributed by atoms with van der Waals surface area (Å²) in [5.41, 5.74) is 0.740. The Balaban J connectivity index is 1.93. The second-order valence-corrected chi connectivity index (χ2v) is 7.79. The maximum Gasteiger partial charge on any atom is 0.240 e. The van der Waals surface area contributed by atoms with E-state index in [0.29, 0.717) is 9.76 Å². The van der Waals surface area contributed by atoms with E-state index in [9.17, 15) is 13.6 Å². The SMILES string of the molecule is O=S(=O)(NCC/[N+]([O-])=C/c1ccc(Br)cc1)c1ccc(Cl)cc1. The number of benzene rings is 2. The topological polar surface area (TPSA) is 72.2 Å². The third-order valence-corrected chi connectivity index (χ3v) is 5.17. The fourth-order valence-electron chi connectivity index (χ4n) is 1.77. The standard InChI is InChI=1S/C15H14BrClN2O3S/c16-13-3-1-12(2-4-13)11-19(20)10-9-18-23(21,22)15-7-5-14(17)6-8-15/h1-8,11,18H,9-10H2/b19-11-. The van der Waals surface area contributed by atoms with Gasteiger partial charge in [0, 0.05) is 15.1 Å². The number of nitrogens with zero attached hydrogens (tertiary/aromatic N) is 1. The molecule has 0 bridgehead atoms. The van der Waals surface area contributed by atoms with E-state index in [1.165, 1.54) is 30.5 Å². The minimum absolute atomic E-state index is 0.00148. The Morgan fingerprint density at radius 2 is 1.74 bits per heavy atom. The molecule has 0 atom stereocenters. The third kappa shape index (κ3) is 5.62. The van der Waals surface area contributed by atoms with Gasteiger partial charge < -0.3 is 5.21 Å². The highest BCUT2D eigenvalue weighted by Gasteiger charge is 2.13. The molecule has 23 heavy (non-hydrogen) atoms. The van der Waals surface area contributed by atoms with Gasteiger partial charge in [0.25, 0.3) is 0 Å². The van der Waals surface area contributed by atoms with Crippen molar-refractivity contribution in [2.45, 2.75) is 4.90 Å². The monoisotopic (exact) mass is 416 g/mol. The van der Waals surface area contributed by atoms with E-state index >= 15 is 0 Å². The molecule has 2 rings (SSSR count). The molecular weight excluding hydrogens is 404 g/mol. The Labute approximate surface area is 148 Å². The molecule has 0 aliphatic heterocycles. The number of halogens is 2. The van der Waals surface area contributed by atoms with Crippen molar-refractivity contribution in [2.75, 3.05) is 13.1 Å². The largest absolute Gasteiger partial charge is 0.624 e. The van der Waals surface area contributed by atoms with Gasteiger partial charge in [-0.25, -0.2) is 17.9 Å². The van der Waals surface area contributed by atoms with Crippen molar-refractivity contribution in [1.82, 2.24) is 4.72 Å². The van der Waals surface area contributed by atoms with E-state index in [-0.39, 0.29) is 18.0 Å². The van der Waals surface area contributed by atoms with E-state index < -0.39 is 10.0 Å². The van der Waals surface area contributed by atoms with Crippen LogP contribution in [0.15, 0.2) is 57.9 Å². The van der Waals surface area contributed by atoms with Gasteiger partial charge in [0.1, 0.15) is 0 Å². The molecule has 0 radical (unpaired) electrons. The summed E-state index contributed by atoms with van der Waals surface area (Å²) in [7, 11) is -3.65. The predicted octanol–water partition coefficient (Wildman–Crippen LogP) is 3.01. The van der Waals surface area contributed by atoms with Gasteiger partial charge in [-0.2, -0.15) is 0 Å². The molecular formula is C15H14BrClN2O3S. The van der Waals surface area contributed by atoms with Crippen molar-refractivity contribution < 1.29 is 13.2 Å². The Hall–Kier alpha value is -1.41. The van der Waals surface area contributed by atoms with Gasteiger partial charge in [0.2, 0.25) is 10.0 Å². The van der Waals surface area contributed by atoms with E-state index in [2.05, 4.69) is 20.7 Å². The Morgan fingerprint density at radius 1 is 1.13 bits per heavy atom. The van der Waals surface area contributed by atoms with E-state index in [1.807, 2.05) is 12.1 Å². The third-order valence-electron chi connectivity index (χ3n) is 2.91. The van der Waals surface area contributed by atoms with E-state index in [0.717, 1.165) is 10.0 Å². The first-order chi connectivity index (χ1) is 10.9. The lowest BCUT2D eigenvalue weighted by atomic mass is 10.2. The first kappa shape index (κ1) is 17.9. The van der Waals surface area contributed by atoms with Crippen LogP contribution in [-0.2, 0) is 10.0 Å². The molecule has 122 valence electrons. The molecule has 2 aromatic rings. The number of nitrogens with one attached hydrogen (secondary N) is 1. The summed E-state index contributed by atoms with van der Waals surface area (Å²) in [6, 6.07) is 13.0. The molecule has 1 N–H and O–H groups in total. The Kier molecular flexibility index (Phi) is 6.17. The first-order valence-corrected chi connectivity index (χ1v) is 9.32. The molecule has 0 saturated heterocycles. The van der Waals surface area contributed by atoms with Crippen LogP contribution in [0.1, 0.15) is 5.56 Å². The lowest BCUT2D eigenvalue weighted by molar-refractivity contribution is -0.449. The average Bonchev–Trinajstić information content (AvgIpc) is 2.50. The van der Waals surface area contributed by atoms with Crippen molar-refractivity contribution in [3.05, 3.63) is 68.8 Å². The number of hydrogen-bond acceptors (Lipinski definition) is 3. The van der Waals surface area contributed by atoms with Crippen LogP contribution in [0.2, 0.25) is 5.02 Å². The minimum Gasteiger partial charge on any atom is -0.624 e. The molecule has 5 nitrogen and oxygen atoms in total. The summed E-state index contributed by atoms with van der Waals surface area (Å²) in [5.74, 6) is 0. The predicted molar refractivity (Wildman–Crippen MR) is 94.4 cm³/mol. The Morgan fingerprint density at radius 3 is 2.35 bits per heavy atom. The zero-order valence-corrected chi connectivity index (χ0v) is 15.1. The van der Waals surface area contributed by atoms with Crippen molar-refractivity contribution in [3.63, 3.8) is 0 Å². The normalized spacial score (nSPS) is 12.3. The molecule has 0 fully saturated rings. The zero-order valence-electron chi connectivity index (χ0n) is 11.9. The minimum atomic E-state index is -3.65. The highest BCUT2D eigenvalue weighted by Crippen LogP contribution is 2.13. The molecule has 8 heteroatoms. The maximum atomic E-state index is 12.0.